The molecule has 7 atom stereocenters. The van der Waals surface area contributed by atoms with Crippen molar-refractivity contribution in [3.05, 3.63) is 47.6 Å². The summed E-state index contributed by atoms with van der Waals surface area (Å²) >= 11 is 0. The van der Waals surface area contributed by atoms with Crippen molar-refractivity contribution in [2.75, 3.05) is 0 Å². The van der Waals surface area contributed by atoms with Crippen molar-refractivity contribution in [1.82, 2.24) is 0 Å². The number of carbonyl (C=O) groups is 1. The first-order valence-electron chi connectivity index (χ1n) is 13.9. The molecule has 2 N–H and O–H groups in total. The molecule has 4 nitrogen and oxygen atoms in total. The molecular weight excluding hydrogens is 436 g/mol. The minimum absolute atomic E-state index is 0.0694. The second kappa shape index (κ2) is 10.8. The fourth-order valence-corrected chi connectivity index (χ4v) is 7.01. The highest BCUT2D eigenvalue weighted by molar-refractivity contribution is 5.71. The van der Waals surface area contributed by atoms with Crippen LogP contribution < -0.4 is 0 Å². The van der Waals surface area contributed by atoms with Crippen molar-refractivity contribution < 1.29 is 19.7 Å². The number of hydrogen-bond donors (Lipinski definition) is 2. The molecule has 4 rings (SSSR count). The zero-order valence-corrected chi connectivity index (χ0v) is 22.2. The van der Waals surface area contributed by atoms with Crippen LogP contribution in [-0.4, -0.2) is 34.5 Å². The first kappa shape index (κ1) is 26.4. The molecule has 4 fully saturated rings. The molecule has 0 aliphatic heterocycles. The number of esters is 1. The Morgan fingerprint density at radius 1 is 1.11 bits per heavy atom. The largest absolute Gasteiger partial charge is 0.458 e. The smallest absolute Gasteiger partial charge is 0.308 e. The van der Waals surface area contributed by atoms with Crippen LogP contribution >= 0.6 is 0 Å². The van der Waals surface area contributed by atoms with Gasteiger partial charge in [0.05, 0.1) is 18.1 Å². The fraction of sp³-hybridized carbons (Fsp3) is 0.710. The Bertz CT molecular complexity index is 892. The summed E-state index contributed by atoms with van der Waals surface area (Å²) < 4.78 is 5.83. The number of rotatable bonds is 7. The van der Waals surface area contributed by atoms with Crippen molar-refractivity contribution in [1.29, 1.82) is 0 Å². The zero-order valence-electron chi connectivity index (χ0n) is 22.2. The molecular formula is C31H46O4. The van der Waals surface area contributed by atoms with E-state index >= 15 is 0 Å². The molecule has 4 aliphatic rings. The highest BCUT2D eigenvalue weighted by Crippen LogP contribution is 2.59. The van der Waals surface area contributed by atoms with Crippen LogP contribution in [0.15, 0.2) is 47.6 Å². The van der Waals surface area contributed by atoms with Gasteiger partial charge in [-0.25, -0.2) is 0 Å². The Kier molecular flexibility index (Phi) is 8.12. The molecule has 0 unspecified atom stereocenters. The Balaban J connectivity index is 1.46. The van der Waals surface area contributed by atoms with E-state index in [-0.39, 0.29) is 23.4 Å². The molecule has 0 amide bonds. The van der Waals surface area contributed by atoms with Gasteiger partial charge in [-0.1, -0.05) is 58.1 Å². The van der Waals surface area contributed by atoms with Gasteiger partial charge in [0.2, 0.25) is 0 Å². The average Bonchev–Trinajstić information content (AvgIpc) is 3.58. The number of hydrogen-bond acceptors (Lipinski definition) is 4. The molecule has 0 heterocycles. The first-order valence-corrected chi connectivity index (χ1v) is 13.9. The summed E-state index contributed by atoms with van der Waals surface area (Å²) in [5, 5.41) is 20.3. The number of aliphatic hydroxyl groups excluding tert-OH is 2. The quantitative estimate of drug-likeness (QED) is 0.330. The molecule has 0 radical (unpaired) electrons. The molecule has 0 aromatic heterocycles. The van der Waals surface area contributed by atoms with Crippen molar-refractivity contribution >= 4 is 5.97 Å². The van der Waals surface area contributed by atoms with Crippen LogP contribution in [0.3, 0.4) is 0 Å². The minimum atomic E-state index is -0.636. The summed E-state index contributed by atoms with van der Waals surface area (Å²) in [4.78, 5) is 12.2. The zero-order chi connectivity index (χ0) is 25.3. The third-order valence-electron chi connectivity index (χ3n) is 9.35. The highest BCUT2D eigenvalue weighted by Gasteiger charge is 2.50. The van der Waals surface area contributed by atoms with Gasteiger partial charge < -0.3 is 14.9 Å². The monoisotopic (exact) mass is 482 g/mol. The van der Waals surface area contributed by atoms with Gasteiger partial charge in [-0.3, -0.25) is 4.79 Å². The van der Waals surface area contributed by atoms with Crippen molar-refractivity contribution in [3.63, 3.8) is 0 Å². The van der Waals surface area contributed by atoms with E-state index in [0.717, 1.165) is 30.4 Å². The van der Waals surface area contributed by atoms with Gasteiger partial charge in [-0.2, -0.15) is 0 Å². The minimum Gasteiger partial charge on any atom is -0.458 e. The van der Waals surface area contributed by atoms with E-state index in [4.69, 9.17) is 4.74 Å². The van der Waals surface area contributed by atoms with Crippen LogP contribution in [0.25, 0.3) is 0 Å². The summed E-state index contributed by atoms with van der Waals surface area (Å²) in [5.74, 6) is 1.97. The van der Waals surface area contributed by atoms with Gasteiger partial charge in [-0.15, -0.1) is 0 Å². The van der Waals surface area contributed by atoms with Crippen LogP contribution in [0.4, 0.5) is 0 Å². The second-order valence-electron chi connectivity index (χ2n) is 12.3. The van der Waals surface area contributed by atoms with Gasteiger partial charge in [0.25, 0.3) is 0 Å². The van der Waals surface area contributed by atoms with Crippen molar-refractivity contribution in [2.24, 2.45) is 35.0 Å². The molecule has 4 heteroatoms. The molecule has 35 heavy (non-hydrogen) atoms. The summed E-state index contributed by atoms with van der Waals surface area (Å²) in [6, 6.07) is 0. The third-order valence-corrected chi connectivity index (χ3v) is 9.35. The van der Waals surface area contributed by atoms with E-state index in [2.05, 4.69) is 44.7 Å². The normalized spacial score (nSPS) is 37.7. The van der Waals surface area contributed by atoms with Crippen LogP contribution in [0.1, 0.15) is 85.5 Å². The SMILES string of the molecule is C=C1C(=CC=C2CCC[C@]3(C)[C@@H]([C@H](C)C=C[C@H](OC(=O)C(C)C)C4CC4)CC[C@@H]23)C[C@@H](O)C[C@@H]1O. The van der Waals surface area contributed by atoms with Gasteiger partial charge in [0, 0.05) is 6.42 Å². The lowest BCUT2D eigenvalue weighted by molar-refractivity contribution is -0.151. The number of ether oxygens (including phenoxy) is 1. The van der Waals surface area contributed by atoms with Crippen LogP contribution in [-0.2, 0) is 9.53 Å². The maximum absolute atomic E-state index is 12.2. The Morgan fingerprint density at radius 2 is 1.86 bits per heavy atom. The standard InChI is InChI=1S/C31H46O4/c1-19(2)30(34)35-29(23-10-11-23)15-8-20(3)26-13-14-27-22(7-6-16-31(26,27)5)9-12-24-17-25(32)18-28(33)21(24)4/h8-9,12,15,19-20,23,25-29,32-33H,4,6-7,10-11,13-14,16-18H2,1-3,5H3/t20-,25-,26-,27+,28+,29+,31-/m1/s1. The van der Waals surface area contributed by atoms with Crippen LogP contribution in [0.2, 0.25) is 0 Å². The van der Waals surface area contributed by atoms with Crippen LogP contribution in [0, 0.1) is 35.0 Å². The summed E-state index contributed by atoms with van der Waals surface area (Å²) in [7, 11) is 0. The summed E-state index contributed by atoms with van der Waals surface area (Å²) in [6.45, 7) is 12.7. The molecule has 0 spiro atoms. The third kappa shape index (κ3) is 5.85. The lowest BCUT2D eigenvalue weighted by Gasteiger charge is -2.44. The van der Waals surface area contributed by atoms with E-state index in [1.54, 1.807) is 0 Å². The molecule has 0 aromatic carbocycles. The van der Waals surface area contributed by atoms with Crippen molar-refractivity contribution in [2.45, 2.75) is 104 Å². The first-order chi connectivity index (χ1) is 16.6. The van der Waals surface area contributed by atoms with Gasteiger partial charge in [-0.05, 0) is 97.7 Å². The van der Waals surface area contributed by atoms with Gasteiger partial charge in [0.15, 0.2) is 0 Å². The van der Waals surface area contributed by atoms with E-state index in [1.165, 1.54) is 31.3 Å². The van der Waals surface area contributed by atoms with Gasteiger partial charge in [0.1, 0.15) is 6.10 Å². The average molecular weight is 483 g/mol. The lowest BCUT2D eigenvalue weighted by atomic mass is 9.61. The number of fused-ring (bicyclic) bond motifs is 1. The molecule has 0 aromatic rings. The van der Waals surface area contributed by atoms with E-state index in [1.807, 2.05) is 13.8 Å². The molecule has 0 bridgehead atoms. The van der Waals surface area contributed by atoms with Crippen LogP contribution in [0.5, 0.6) is 0 Å². The predicted octanol–water partition coefficient (Wildman–Crippen LogP) is 6.30. The molecule has 4 aliphatic carbocycles. The van der Waals surface area contributed by atoms with Gasteiger partial charge >= 0.3 is 5.97 Å². The van der Waals surface area contributed by atoms with E-state index in [0.29, 0.717) is 36.5 Å². The van der Waals surface area contributed by atoms with E-state index in [9.17, 15) is 15.0 Å². The Hall–Kier alpha value is -1.65. The lowest BCUT2D eigenvalue weighted by Crippen LogP contribution is -2.35. The number of aliphatic hydroxyl groups is 2. The highest BCUT2D eigenvalue weighted by atomic mass is 16.5. The second-order valence-corrected chi connectivity index (χ2v) is 12.3. The molecule has 0 saturated heterocycles. The maximum atomic E-state index is 12.2. The predicted molar refractivity (Wildman–Crippen MR) is 140 cm³/mol. The maximum Gasteiger partial charge on any atom is 0.308 e. The fourth-order valence-electron chi connectivity index (χ4n) is 7.01. The number of allylic oxidation sites excluding steroid dienone is 4. The number of carbonyl (C=O) groups excluding carboxylic acids is 1. The van der Waals surface area contributed by atoms with Crippen molar-refractivity contribution in [3.8, 4) is 0 Å². The Labute approximate surface area is 212 Å². The Morgan fingerprint density at radius 3 is 2.54 bits per heavy atom. The topological polar surface area (TPSA) is 66.8 Å². The summed E-state index contributed by atoms with van der Waals surface area (Å²) in [5.41, 5.74) is 3.55. The summed E-state index contributed by atoms with van der Waals surface area (Å²) in [6.07, 6.45) is 17.1. The van der Waals surface area contributed by atoms with E-state index < -0.39 is 12.2 Å². The molecule has 194 valence electrons. The molecule has 4 saturated carbocycles.